The highest BCUT2D eigenvalue weighted by molar-refractivity contribution is 6.02. The predicted octanol–water partition coefficient (Wildman–Crippen LogP) is 2.33. The van der Waals surface area contributed by atoms with Crippen LogP contribution in [0.15, 0.2) is 42.0 Å². The van der Waals surface area contributed by atoms with Crippen molar-refractivity contribution < 1.29 is 14.6 Å². The van der Waals surface area contributed by atoms with Crippen LogP contribution < -0.4 is 10.2 Å². The monoisotopic (exact) mass is 379 g/mol. The van der Waals surface area contributed by atoms with Gasteiger partial charge in [-0.05, 0) is 46.5 Å². The van der Waals surface area contributed by atoms with Crippen LogP contribution in [0.1, 0.15) is 12.5 Å². The molecule has 0 spiro atoms. The number of anilines is 1. The summed E-state index contributed by atoms with van der Waals surface area (Å²) in [7, 11) is 0. The number of nitriles is 1. The fraction of sp³-hybridized carbons (Fsp3) is 0.364. The summed E-state index contributed by atoms with van der Waals surface area (Å²) in [6.45, 7) is 5.42. The van der Waals surface area contributed by atoms with Gasteiger partial charge in [0.2, 0.25) is 0 Å². The highest BCUT2D eigenvalue weighted by Crippen LogP contribution is 2.24. The Morgan fingerprint density at radius 1 is 1.29 bits per heavy atom. The summed E-state index contributed by atoms with van der Waals surface area (Å²) in [5, 5.41) is 23.2. The molecular weight excluding hydrogens is 354 g/mol. The number of rotatable bonds is 6. The van der Waals surface area contributed by atoms with Crippen LogP contribution in [0.25, 0.3) is 16.8 Å². The second-order valence-corrected chi connectivity index (χ2v) is 7.06. The minimum absolute atomic E-state index is 0.0109. The van der Waals surface area contributed by atoms with Gasteiger partial charge in [-0.25, -0.2) is 0 Å². The van der Waals surface area contributed by atoms with E-state index in [1.807, 2.05) is 31.2 Å². The lowest BCUT2D eigenvalue weighted by Crippen LogP contribution is -2.36. The van der Waals surface area contributed by atoms with Gasteiger partial charge in [-0.3, -0.25) is 4.79 Å². The molecule has 1 amide bonds. The number of hydrogen-bond acceptors (Lipinski definition) is 5. The maximum absolute atomic E-state index is 12.2. The van der Waals surface area contributed by atoms with Crippen molar-refractivity contribution in [2.75, 3.05) is 44.4 Å². The largest absolute Gasteiger partial charge is 0.396 e. The molecule has 1 unspecified atom stereocenters. The average molecular weight is 379 g/mol. The van der Waals surface area contributed by atoms with Crippen LogP contribution in [0.3, 0.4) is 0 Å². The van der Waals surface area contributed by atoms with Crippen molar-refractivity contribution in [3.05, 3.63) is 47.5 Å². The Bertz CT molecular complexity index is 911. The molecule has 6 nitrogen and oxygen atoms in total. The summed E-state index contributed by atoms with van der Waals surface area (Å²) < 4.78 is 5.41. The van der Waals surface area contributed by atoms with Crippen LogP contribution >= 0.6 is 0 Å². The number of carbonyl (C=O) groups excluding carboxylic acids is 1. The fourth-order valence-corrected chi connectivity index (χ4v) is 3.10. The maximum Gasteiger partial charge on any atom is 0.261 e. The van der Waals surface area contributed by atoms with Crippen molar-refractivity contribution in [3.63, 3.8) is 0 Å². The Morgan fingerprint density at radius 2 is 2.00 bits per heavy atom. The number of nitrogens with one attached hydrogen (secondary N) is 1. The van der Waals surface area contributed by atoms with Crippen LogP contribution in [-0.2, 0) is 9.53 Å². The number of ether oxygens (including phenoxy) is 1. The van der Waals surface area contributed by atoms with Crippen LogP contribution in [-0.4, -0.2) is 50.5 Å². The van der Waals surface area contributed by atoms with Gasteiger partial charge >= 0.3 is 0 Å². The Balaban J connectivity index is 1.78. The van der Waals surface area contributed by atoms with Crippen LogP contribution in [0.2, 0.25) is 0 Å². The molecule has 1 saturated heterocycles. The molecule has 1 heterocycles. The van der Waals surface area contributed by atoms with E-state index in [0.717, 1.165) is 42.6 Å². The summed E-state index contributed by atoms with van der Waals surface area (Å²) >= 11 is 0. The smallest absolute Gasteiger partial charge is 0.261 e. The Kier molecular flexibility index (Phi) is 6.64. The van der Waals surface area contributed by atoms with E-state index in [1.54, 1.807) is 6.08 Å². The van der Waals surface area contributed by atoms with E-state index in [2.05, 4.69) is 28.4 Å². The van der Waals surface area contributed by atoms with E-state index in [-0.39, 0.29) is 18.1 Å². The number of hydrogen-bond donors (Lipinski definition) is 2. The molecule has 0 saturated carbocycles. The third-order valence-corrected chi connectivity index (χ3v) is 4.82. The normalized spacial score (nSPS) is 15.9. The first kappa shape index (κ1) is 19.9. The van der Waals surface area contributed by atoms with E-state index in [1.165, 1.54) is 5.69 Å². The number of nitrogens with zero attached hydrogens (tertiary/aromatic N) is 2. The summed E-state index contributed by atoms with van der Waals surface area (Å²) in [4.78, 5) is 14.5. The number of benzene rings is 2. The molecule has 0 aliphatic carbocycles. The number of carbonyl (C=O) groups is 1. The van der Waals surface area contributed by atoms with E-state index in [9.17, 15) is 10.1 Å². The van der Waals surface area contributed by atoms with E-state index in [4.69, 9.17) is 9.84 Å². The Morgan fingerprint density at radius 3 is 2.71 bits per heavy atom. The molecular formula is C22H25N3O3. The molecule has 2 aromatic rings. The van der Waals surface area contributed by atoms with Crippen molar-refractivity contribution >= 4 is 28.4 Å². The standard InChI is InChI=1S/C22H25N3O3/c1-16(15-26)14-24-22(27)20(13-23)11-17-2-3-19-12-21(5-4-18(19)10-17)25-6-8-28-9-7-25/h2-5,10-12,16,26H,6-9,14-15H2,1H3,(H,24,27)/b20-11+. The lowest BCUT2D eigenvalue weighted by Gasteiger charge is -2.29. The van der Waals surface area contributed by atoms with E-state index >= 15 is 0 Å². The zero-order valence-corrected chi connectivity index (χ0v) is 16.0. The lowest BCUT2D eigenvalue weighted by molar-refractivity contribution is -0.117. The molecule has 0 bridgehead atoms. The van der Waals surface area contributed by atoms with Gasteiger partial charge in [0.25, 0.3) is 5.91 Å². The lowest BCUT2D eigenvalue weighted by atomic mass is 10.0. The number of fused-ring (bicyclic) bond motifs is 1. The molecule has 0 radical (unpaired) electrons. The molecule has 3 rings (SSSR count). The molecule has 0 aromatic heterocycles. The average Bonchev–Trinajstić information content (AvgIpc) is 2.75. The van der Waals surface area contributed by atoms with Gasteiger partial charge in [0.1, 0.15) is 11.6 Å². The van der Waals surface area contributed by atoms with Gasteiger partial charge in [0.05, 0.1) is 13.2 Å². The number of aliphatic hydroxyl groups is 1. The number of morpholine rings is 1. The van der Waals surface area contributed by atoms with Gasteiger partial charge < -0.3 is 20.1 Å². The molecule has 2 aromatic carbocycles. The van der Waals surface area contributed by atoms with Gasteiger partial charge in [0.15, 0.2) is 0 Å². The van der Waals surface area contributed by atoms with Gasteiger partial charge in [-0.2, -0.15) is 5.26 Å². The Labute approximate surface area is 165 Å². The maximum atomic E-state index is 12.2. The van der Waals surface area contributed by atoms with Gasteiger partial charge in [-0.1, -0.05) is 25.1 Å². The molecule has 6 heteroatoms. The summed E-state index contributed by atoms with van der Waals surface area (Å²) in [5.41, 5.74) is 2.03. The van der Waals surface area contributed by atoms with Crippen molar-refractivity contribution in [2.24, 2.45) is 5.92 Å². The first-order valence-electron chi connectivity index (χ1n) is 9.48. The fourth-order valence-electron chi connectivity index (χ4n) is 3.10. The topological polar surface area (TPSA) is 85.6 Å². The SMILES string of the molecule is CC(CO)CNC(=O)/C(C#N)=C/c1ccc2cc(N3CCOCC3)ccc2c1. The van der Waals surface area contributed by atoms with Crippen molar-refractivity contribution in [1.82, 2.24) is 5.32 Å². The molecule has 1 atom stereocenters. The molecule has 1 aliphatic rings. The molecule has 146 valence electrons. The summed E-state index contributed by atoms with van der Waals surface area (Å²) in [6, 6.07) is 14.2. The highest BCUT2D eigenvalue weighted by Gasteiger charge is 2.12. The summed E-state index contributed by atoms with van der Waals surface area (Å²) in [6.07, 6.45) is 1.59. The zero-order valence-electron chi connectivity index (χ0n) is 16.0. The van der Waals surface area contributed by atoms with Crippen molar-refractivity contribution in [2.45, 2.75) is 6.92 Å². The zero-order chi connectivity index (χ0) is 19.9. The summed E-state index contributed by atoms with van der Waals surface area (Å²) in [5.74, 6) is -0.476. The van der Waals surface area contributed by atoms with Gasteiger partial charge in [0, 0.05) is 31.9 Å². The molecule has 1 fully saturated rings. The van der Waals surface area contributed by atoms with Crippen molar-refractivity contribution in [3.8, 4) is 6.07 Å². The third kappa shape index (κ3) is 4.89. The predicted molar refractivity (Wildman–Crippen MR) is 110 cm³/mol. The second kappa shape index (κ2) is 9.36. The molecule has 28 heavy (non-hydrogen) atoms. The Hall–Kier alpha value is -2.88. The first-order valence-corrected chi connectivity index (χ1v) is 9.48. The molecule has 1 aliphatic heterocycles. The minimum Gasteiger partial charge on any atom is -0.396 e. The molecule has 2 N–H and O–H groups in total. The van der Waals surface area contributed by atoms with Crippen LogP contribution in [0.4, 0.5) is 5.69 Å². The second-order valence-electron chi connectivity index (χ2n) is 7.06. The van der Waals surface area contributed by atoms with E-state index in [0.29, 0.717) is 6.54 Å². The minimum atomic E-state index is -0.425. The quantitative estimate of drug-likeness (QED) is 0.594. The highest BCUT2D eigenvalue weighted by atomic mass is 16.5. The third-order valence-electron chi connectivity index (χ3n) is 4.82. The number of aliphatic hydroxyl groups excluding tert-OH is 1. The number of amides is 1. The van der Waals surface area contributed by atoms with Crippen molar-refractivity contribution in [1.29, 1.82) is 5.26 Å². The first-order chi connectivity index (χ1) is 13.6. The van der Waals surface area contributed by atoms with E-state index < -0.39 is 5.91 Å². The van der Waals surface area contributed by atoms with Gasteiger partial charge in [-0.15, -0.1) is 0 Å². The van der Waals surface area contributed by atoms with Crippen LogP contribution in [0.5, 0.6) is 0 Å². The van der Waals surface area contributed by atoms with Crippen LogP contribution in [0, 0.1) is 17.2 Å².